The predicted molar refractivity (Wildman–Crippen MR) is 127 cm³/mol. The van der Waals surface area contributed by atoms with E-state index < -0.39 is 0 Å². The summed E-state index contributed by atoms with van der Waals surface area (Å²) in [4.78, 5) is 13.6. The largest absolute Gasteiger partial charge is 0.500 e. The van der Waals surface area contributed by atoms with Crippen LogP contribution in [-0.2, 0) is 20.7 Å². The molecule has 3 aliphatic rings. The predicted octanol–water partition coefficient (Wildman–Crippen LogP) is 6.48. The maximum Gasteiger partial charge on any atom is 0.170 e. The third kappa shape index (κ3) is 4.88. The van der Waals surface area contributed by atoms with E-state index in [1.807, 2.05) is 12.2 Å². The summed E-state index contributed by atoms with van der Waals surface area (Å²) < 4.78 is 11.3. The number of carbonyl (C=O) groups is 1. The Morgan fingerprint density at radius 2 is 2.00 bits per heavy atom. The number of halogens is 1. The fourth-order valence-corrected chi connectivity index (χ4v) is 5.09. The van der Waals surface area contributed by atoms with Gasteiger partial charge >= 0.3 is 0 Å². The first-order valence-electron chi connectivity index (χ1n) is 11.4. The Balaban J connectivity index is 1.66. The molecular weight excluding hydrogens is 408 g/mol. The number of Topliss-reactive ketones (excluding diaryl/α,β-unsaturated/α-hetero) is 1. The minimum absolute atomic E-state index is 0.0168. The van der Waals surface area contributed by atoms with Crippen LogP contribution in [-0.4, -0.2) is 26.1 Å². The van der Waals surface area contributed by atoms with Gasteiger partial charge in [-0.05, 0) is 78.5 Å². The van der Waals surface area contributed by atoms with E-state index in [4.69, 9.17) is 21.1 Å². The quantitative estimate of drug-likeness (QED) is 0.510. The second-order valence-electron chi connectivity index (χ2n) is 8.63. The van der Waals surface area contributed by atoms with Crippen LogP contribution in [0.25, 0.3) is 11.1 Å². The number of carbonyl (C=O) groups excluding carboxylic acids is 1. The van der Waals surface area contributed by atoms with Crippen molar-refractivity contribution in [2.75, 3.05) is 20.3 Å². The van der Waals surface area contributed by atoms with E-state index in [2.05, 4.69) is 37.3 Å². The number of allylic oxidation sites excluding steroid dienone is 8. The summed E-state index contributed by atoms with van der Waals surface area (Å²) in [6.07, 6.45) is 13.4. The first kappa shape index (κ1) is 22.1. The number of aryl methyl sites for hydroxylation is 1. The summed E-state index contributed by atoms with van der Waals surface area (Å²) in [7, 11) is 1.69. The minimum Gasteiger partial charge on any atom is -0.500 e. The summed E-state index contributed by atoms with van der Waals surface area (Å²) in [5, 5.41) is 0.728. The van der Waals surface area contributed by atoms with Crippen molar-refractivity contribution in [1.82, 2.24) is 0 Å². The maximum atomic E-state index is 13.6. The Hall–Kier alpha value is -2.10. The molecule has 164 valence electrons. The van der Waals surface area contributed by atoms with Gasteiger partial charge in [-0.3, -0.25) is 4.79 Å². The average Bonchev–Trinajstić information content (AvgIpc) is 2.95. The summed E-state index contributed by atoms with van der Waals surface area (Å²) in [6, 6.07) is 6.49. The molecule has 1 aromatic rings. The molecule has 3 nitrogen and oxygen atoms in total. The molecule has 1 heterocycles. The van der Waals surface area contributed by atoms with Gasteiger partial charge in [-0.25, -0.2) is 0 Å². The normalized spacial score (nSPS) is 22.4. The zero-order valence-corrected chi connectivity index (χ0v) is 19.2. The van der Waals surface area contributed by atoms with Gasteiger partial charge in [0.25, 0.3) is 0 Å². The van der Waals surface area contributed by atoms with Crippen LogP contribution in [0.4, 0.5) is 0 Å². The van der Waals surface area contributed by atoms with Gasteiger partial charge in [0, 0.05) is 30.6 Å². The molecule has 2 aliphatic carbocycles. The van der Waals surface area contributed by atoms with E-state index >= 15 is 0 Å². The molecule has 0 saturated carbocycles. The first-order valence-corrected chi connectivity index (χ1v) is 11.7. The highest BCUT2D eigenvalue weighted by Crippen LogP contribution is 2.41. The van der Waals surface area contributed by atoms with Gasteiger partial charge in [0.1, 0.15) is 5.76 Å². The lowest BCUT2D eigenvalue weighted by atomic mass is 9.85. The molecule has 31 heavy (non-hydrogen) atoms. The maximum absolute atomic E-state index is 13.6. The molecule has 0 bridgehead atoms. The molecule has 0 N–H and O–H groups in total. The second kappa shape index (κ2) is 10.0. The molecule has 1 atom stereocenters. The monoisotopic (exact) mass is 438 g/mol. The standard InChI is InChI=1S/C27H31ClO3/c1-3-19-7-8-21(20-5-4-6-23(28)10-9-20)16-24(19)26-25(30-2)17-22(27(26)29)15-18-11-13-31-14-12-18/h4,6-10,16,18,22H,3,5,11-15,17H2,1-2H3. The Morgan fingerprint density at radius 3 is 2.74 bits per heavy atom. The van der Waals surface area contributed by atoms with E-state index in [1.165, 1.54) is 11.1 Å². The van der Waals surface area contributed by atoms with Crippen LogP contribution in [0.5, 0.6) is 0 Å². The highest BCUT2D eigenvalue weighted by atomic mass is 35.5. The lowest BCUT2D eigenvalue weighted by Crippen LogP contribution is -2.21. The van der Waals surface area contributed by atoms with Gasteiger partial charge < -0.3 is 9.47 Å². The third-order valence-corrected chi connectivity index (χ3v) is 6.97. The summed E-state index contributed by atoms with van der Waals surface area (Å²) in [5.41, 5.74) is 5.33. The lowest BCUT2D eigenvalue weighted by Gasteiger charge is -2.24. The SMILES string of the molecule is CCc1ccc(C2=CC=C(Cl)C=CC2)cc1C1=C(OC)CC(CC2CCOCC2)C1=O. The van der Waals surface area contributed by atoms with Crippen LogP contribution in [0, 0.1) is 11.8 Å². The van der Waals surface area contributed by atoms with E-state index in [1.54, 1.807) is 7.11 Å². The Bertz CT molecular complexity index is 961. The van der Waals surface area contributed by atoms with Crippen LogP contribution >= 0.6 is 11.6 Å². The van der Waals surface area contributed by atoms with Crippen molar-refractivity contribution in [3.05, 3.63) is 70.0 Å². The van der Waals surface area contributed by atoms with Crippen LogP contribution in [0.3, 0.4) is 0 Å². The Morgan fingerprint density at radius 1 is 1.19 bits per heavy atom. The van der Waals surface area contributed by atoms with E-state index in [9.17, 15) is 4.79 Å². The van der Waals surface area contributed by atoms with E-state index in [0.717, 1.165) is 72.8 Å². The topological polar surface area (TPSA) is 35.5 Å². The molecule has 4 heteroatoms. The number of methoxy groups -OCH3 is 1. The number of hydrogen-bond acceptors (Lipinski definition) is 3. The smallest absolute Gasteiger partial charge is 0.170 e. The molecular formula is C27H31ClO3. The van der Waals surface area contributed by atoms with Crippen molar-refractivity contribution in [3.63, 3.8) is 0 Å². The summed E-state index contributed by atoms with van der Waals surface area (Å²) in [5.74, 6) is 1.67. The fraction of sp³-hybridized carbons (Fsp3) is 0.444. The highest BCUT2D eigenvalue weighted by molar-refractivity contribution is 6.31. The van der Waals surface area contributed by atoms with Crippen molar-refractivity contribution in [1.29, 1.82) is 0 Å². The van der Waals surface area contributed by atoms with E-state index in [0.29, 0.717) is 12.3 Å². The molecule has 1 unspecified atom stereocenters. The lowest BCUT2D eigenvalue weighted by molar-refractivity contribution is -0.117. The molecule has 1 fully saturated rings. The van der Waals surface area contributed by atoms with E-state index in [-0.39, 0.29) is 11.7 Å². The second-order valence-corrected chi connectivity index (χ2v) is 9.07. The number of benzene rings is 1. The summed E-state index contributed by atoms with van der Waals surface area (Å²) in [6.45, 7) is 3.76. The molecule has 1 aliphatic heterocycles. The molecule has 0 radical (unpaired) electrons. The third-order valence-electron chi connectivity index (χ3n) is 6.72. The molecule has 0 spiro atoms. The van der Waals surface area contributed by atoms with Crippen LogP contribution in [0.15, 0.2) is 53.3 Å². The van der Waals surface area contributed by atoms with Crippen molar-refractivity contribution in [2.24, 2.45) is 11.8 Å². The first-order chi connectivity index (χ1) is 15.1. The zero-order chi connectivity index (χ0) is 21.8. The Labute approximate surface area is 190 Å². The number of ether oxygens (including phenoxy) is 2. The van der Waals surface area contributed by atoms with Crippen LogP contribution in [0.2, 0.25) is 0 Å². The summed E-state index contributed by atoms with van der Waals surface area (Å²) >= 11 is 6.16. The zero-order valence-electron chi connectivity index (χ0n) is 18.5. The van der Waals surface area contributed by atoms with Crippen molar-refractivity contribution in [3.8, 4) is 0 Å². The molecule has 0 amide bonds. The van der Waals surface area contributed by atoms with Gasteiger partial charge in [-0.15, -0.1) is 0 Å². The van der Waals surface area contributed by atoms with Crippen LogP contribution in [0.1, 0.15) is 55.7 Å². The van der Waals surface area contributed by atoms with Crippen molar-refractivity contribution >= 4 is 28.5 Å². The highest BCUT2D eigenvalue weighted by Gasteiger charge is 2.37. The molecule has 0 aromatic heterocycles. The number of rotatable bonds is 6. The number of hydrogen-bond donors (Lipinski definition) is 0. The molecule has 1 saturated heterocycles. The Kier molecular flexibility index (Phi) is 7.14. The van der Waals surface area contributed by atoms with Crippen molar-refractivity contribution < 1.29 is 14.3 Å². The minimum atomic E-state index is 0.0168. The molecule has 4 rings (SSSR count). The molecule has 1 aromatic carbocycles. The van der Waals surface area contributed by atoms with Crippen molar-refractivity contribution in [2.45, 2.75) is 45.4 Å². The van der Waals surface area contributed by atoms with Gasteiger partial charge in [0.15, 0.2) is 5.78 Å². The number of ketones is 1. The average molecular weight is 439 g/mol. The van der Waals surface area contributed by atoms with Crippen LogP contribution < -0.4 is 0 Å². The van der Waals surface area contributed by atoms with Gasteiger partial charge in [0.05, 0.1) is 12.7 Å². The van der Waals surface area contributed by atoms with Gasteiger partial charge in [-0.2, -0.15) is 0 Å². The van der Waals surface area contributed by atoms with Gasteiger partial charge in [-0.1, -0.05) is 42.8 Å². The van der Waals surface area contributed by atoms with Gasteiger partial charge in [0.2, 0.25) is 0 Å². The fourth-order valence-electron chi connectivity index (χ4n) is 4.94.